The van der Waals surface area contributed by atoms with E-state index in [-0.39, 0.29) is 28.9 Å². The molecule has 2 aromatic rings. The zero-order valence-electron chi connectivity index (χ0n) is 15.2. The number of phenols is 1. The van der Waals surface area contributed by atoms with E-state index in [1.807, 2.05) is 31.2 Å². The van der Waals surface area contributed by atoms with Crippen molar-refractivity contribution in [2.45, 2.75) is 38.8 Å². The van der Waals surface area contributed by atoms with Crippen LogP contribution in [0.5, 0.6) is 11.5 Å². The quantitative estimate of drug-likeness (QED) is 0.644. The van der Waals surface area contributed by atoms with E-state index < -0.39 is 6.04 Å². The lowest BCUT2D eigenvalue weighted by atomic mass is 9.93. The third-order valence-corrected chi connectivity index (χ3v) is 5.15. The maximum absolute atomic E-state index is 13.1. The number of unbranched alkanes of at least 4 members (excludes halogenated alkanes) is 1. The molecule has 0 aliphatic carbocycles. The van der Waals surface area contributed by atoms with Gasteiger partial charge in [-0.15, -0.1) is 0 Å². The van der Waals surface area contributed by atoms with E-state index in [1.165, 1.54) is 6.07 Å². The van der Waals surface area contributed by atoms with E-state index in [4.69, 9.17) is 4.74 Å². The smallest absolute Gasteiger partial charge is 0.257 e. The van der Waals surface area contributed by atoms with E-state index in [2.05, 4.69) is 5.32 Å². The number of rotatable bonds is 4. The highest BCUT2D eigenvalue weighted by Gasteiger charge is 2.39. The van der Waals surface area contributed by atoms with Gasteiger partial charge in [-0.25, -0.2) is 0 Å². The predicted octanol–water partition coefficient (Wildman–Crippen LogP) is 3.09. The van der Waals surface area contributed by atoms with Gasteiger partial charge in [-0.05, 0) is 23.6 Å². The van der Waals surface area contributed by atoms with Gasteiger partial charge in [0.15, 0.2) is 11.5 Å². The second-order valence-electron chi connectivity index (χ2n) is 6.98. The summed E-state index contributed by atoms with van der Waals surface area (Å²) in [6.07, 6.45) is 2.31. The number of nitrogens with zero attached hydrogens (tertiary/aromatic N) is 1. The first-order chi connectivity index (χ1) is 13.1. The van der Waals surface area contributed by atoms with E-state index >= 15 is 0 Å². The zero-order chi connectivity index (χ0) is 19.0. The molecule has 6 heteroatoms. The molecule has 4 rings (SSSR count). The molecule has 0 saturated heterocycles. The van der Waals surface area contributed by atoms with Crippen molar-refractivity contribution < 1.29 is 19.4 Å². The number of hydrogen-bond donors (Lipinski definition) is 2. The number of benzene rings is 2. The zero-order valence-corrected chi connectivity index (χ0v) is 15.2. The normalized spacial score (nSPS) is 18.1. The number of aromatic hydroxyl groups is 1. The molecule has 0 saturated carbocycles. The Hall–Kier alpha value is -3.02. The summed E-state index contributed by atoms with van der Waals surface area (Å²) in [6, 6.07) is 10.2. The van der Waals surface area contributed by atoms with Gasteiger partial charge in [-0.1, -0.05) is 37.6 Å². The number of anilines is 1. The molecule has 1 atom stereocenters. The van der Waals surface area contributed by atoms with Gasteiger partial charge in [0.25, 0.3) is 5.91 Å². The first-order valence-electron chi connectivity index (χ1n) is 9.27. The van der Waals surface area contributed by atoms with Crippen molar-refractivity contribution in [3.63, 3.8) is 0 Å². The molecule has 0 fully saturated rings. The second-order valence-corrected chi connectivity index (χ2v) is 6.98. The van der Waals surface area contributed by atoms with Crippen LogP contribution < -0.4 is 10.1 Å². The Labute approximate surface area is 157 Å². The summed E-state index contributed by atoms with van der Waals surface area (Å²) in [5.41, 5.74) is 2.79. The maximum Gasteiger partial charge on any atom is 0.257 e. The molecule has 2 amide bonds. The van der Waals surface area contributed by atoms with Gasteiger partial charge in [0.1, 0.15) is 6.04 Å². The van der Waals surface area contributed by atoms with Crippen molar-refractivity contribution in [3.05, 3.63) is 53.1 Å². The summed E-state index contributed by atoms with van der Waals surface area (Å²) < 4.78 is 5.60. The Morgan fingerprint density at radius 1 is 1.22 bits per heavy atom. The van der Waals surface area contributed by atoms with Gasteiger partial charge in [0.2, 0.25) is 5.91 Å². The molecular formula is C21H22N2O4. The van der Waals surface area contributed by atoms with Gasteiger partial charge in [0.05, 0.1) is 17.9 Å². The minimum atomic E-state index is -0.564. The molecule has 140 valence electrons. The van der Waals surface area contributed by atoms with E-state index in [0.29, 0.717) is 25.3 Å². The summed E-state index contributed by atoms with van der Waals surface area (Å²) in [5.74, 6) is -0.304. The third kappa shape index (κ3) is 3.12. The standard InChI is InChI=1S/C21H22N2O4/c1-2-3-8-27-19-11-16-15(10-18(19)24)21(26)23-12-14-7-5-4-6-13(14)9-17(23)20(25)22-16/h4-7,10-11,17,24H,2-3,8-9,12H2,1H3,(H,22,25). The van der Waals surface area contributed by atoms with E-state index in [9.17, 15) is 14.7 Å². The van der Waals surface area contributed by atoms with Crippen molar-refractivity contribution in [1.29, 1.82) is 0 Å². The van der Waals surface area contributed by atoms with Crippen LogP contribution in [0.25, 0.3) is 0 Å². The van der Waals surface area contributed by atoms with Crippen molar-refractivity contribution in [2.24, 2.45) is 0 Å². The summed E-state index contributed by atoms with van der Waals surface area (Å²) in [4.78, 5) is 27.5. The van der Waals surface area contributed by atoms with Crippen LogP contribution in [0.15, 0.2) is 36.4 Å². The third-order valence-electron chi connectivity index (χ3n) is 5.15. The average Bonchev–Trinajstić information content (AvgIpc) is 2.76. The first kappa shape index (κ1) is 17.4. The molecule has 1 unspecified atom stereocenters. The number of carbonyl (C=O) groups is 2. The Bertz CT molecular complexity index is 909. The van der Waals surface area contributed by atoms with Crippen molar-refractivity contribution in [1.82, 2.24) is 4.90 Å². The van der Waals surface area contributed by atoms with Crippen LogP contribution in [0.3, 0.4) is 0 Å². The number of nitrogens with one attached hydrogen (secondary N) is 1. The van der Waals surface area contributed by atoms with Crippen LogP contribution >= 0.6 is 0 Å². The largest absolute Gasteiger partial charge is 0.504 e. The highest BCUT2D eigenvalue weighted by molar-refractivity contribution is 6.10. The molecule has 6 nitrogen and oxygen atoms in total. The Morgan fingerprint density at radius 2 is 2.00 bits per heavy atom. The van der Waals surface area contributed by atoms with E-state index in [0.717, 1.165) is 24.0 Å². The summed E-state index contributed by atoms with van der Waals surface area (Å²) in [7, 11) is 0. The molecule has 0 radical (unpaired) electrons. The van der Waals surface area contributed by atoms with Crippen LogP contribution in [0, 0.1) is 0 Å². The molecule has 2 heterocycles. The Balaban J connectivity index is 1.69. The van der Waals surface area contributed by atoms with Gasteiger partial charge < -0.3 is 20.1 Å². The minimum absolute atomic E-state index is 0.0942. The van der Waals surface area contributed by atoms with Crippen molar-refractivity contribution >= 4 is 17.5 Å². The minimum Gasteiger partial charge on any atom is -0.504 e. The van der Waals surface area contributed by atoms with Crippen LogP contribution in [0.1, 0.15) is 41.3 Å². The highest BCUT2D eigenvalue weighted by atomic mass is 16.5. The molecule has 2 N–H and O–H groups in total. The molecule has 0 spiro atoms. The van der Waals surface area contributed by atoms with Gasteiger partial charge in [-0.2, -0.15) is 0 Å². The number of amides is 2. The fourth-order valence-corrected chi connectivity index (χ4v) is 3.63. The van der Waals surface area contributed by atoms with E-state index in [1.54, 1.807) is 11.0 Å². The highest BCUT2D eigenvalue weighted by Crippen LogP contribution is 2.37. The monoisotopic (exact) mass is 366 g/mol. The van der Waals surface area contributed by atoms with Crippen LogP contribution in [-0.4, -0.2) is 34.5 Å². The number of carbonyl (C=O) groups excluding carboxylic acids is 2. The number of ether oxygens (including phenoxy) is 1. The summed E-state index contributed by atoms with van der Waals surface area (Å²) >= 11 is 0. The first-order valence-corrected chi connectivity index (χ1v) is 9.27. The summed E-state index contributed by atoms with van der Waals surface area (Å²) in [5, 5.41) is 13.1. The van der Waals surface area contributed by atoms with Gasteiger partial charge >= 0.3 is 0 Å². The fourth-order valence-electron chi connectivity index (χ4n) is 3.63. The lowest BCUT2D eigenvalue weighted by Crippen LogP contribution is -2.48. The van der Waals surface area contributed by atoms with Crippen molar-refractivity contribution in [3.8, 4) is 11.5 Å². The number of phenolic OH excluding ortho intramolecular Hbond substituents is 1. The number of hydrogen-bond acceptors (Lipinski definition) is 4. The fraction of sp³-hybridized carbons (Fsp3) is 0.333. The lowest BCUT2D eigenvalue weighted by molar-refractivity contribution is -0.120. The SMILES string of the molecule is CCCCOc1cc2c(cc1O)C(=O)N1Cc3ccccc3CC1C(=O)N2. The topological polar surface area (TPSA) is 78.9 Å². The molecule has 2 aliphatic heterocycles. The summed E-state index contributed by atoms with van der Waals surface area (Å²) in [6.45, 7) is 2.89. The molecular weight excluding hydrogens is 344 g/mol. The maximum atomic E-state index is 13.1. The van der Waals surface area contributed by atoms with Gasteiger partial charge in [0, 0.05) is 19.0 Å². The Morgan fingerprint density at radius 3 is 2.78 bits per heavy atom. The van der Waals surface area contributed by atoms with Crippen molar-refractivity contribution in [2.75, 3.05) is 11.9 Å². The van der Waals surface area contributed by atoms with Crippen LogP contribution in [0.2, 0.25) is 0 Å². The molecule has 27 heavy (non-hydrogen) atoms. The molecule has 0 aromatic heterocycles. The molecule has 2 aromatic carbocycles. The lowest BCUT2D eigenvalue weighted by Gasteiger charge is -2.34. The molecule has 2 aliphatic rings. The predicted molar refractivity (Wildman–Crippen MR) is 101 cm³/mol. The second kappa shape index (κ2) is 6.95. The van der Waals surface area contributed by atoms with Gasteiger partial charge in [-0.3, -0.25) is 9.59 Å². The Kier molecular flexibility index (Phi) is 4.48. The average molecular weight is 366 g/mol. The van der Waals surface area contributed by atoms with Crippen LogP contribution in [-0.2, 0) is 17.8 Å². The molecule has 0 bridgehead atoms. The van der Waals surface area contributed by atoms with Crippen LogP contribution in [0.4, 0.5) is 5.69 Å². The number of fused-ring (bicyclic) bond motifs is 3.